The fraction of sp³-hybridized carbons (Fsp3) is 0.231. The van der Waals surface area contributed by atoms with Gasteiger partial charge in [-0.25, -0.2) is 0 Å². The maximum atomic E-state index is 5.34. The molecule has 0 atom stereocenters. The summed E-state index contributed by atoms with van der Waals surface area (Å²) in [6.07, 6.45) is 8.24. The maximum Gasteiger partial charge on any atom is 0.134 e. The summed E-state index contributed by atoms with van der Waals surface area (Å²) in [6, 6.07) is 8.23. The molecule has 0 fully saturated rings. The van der Waals surface area contributed by atoms with Gasteiger partial charge in [0.1, 0.15) is 5.58 Å². The molecule has 1 heterocycles. The van der Waals surface area contributed by atoms with Crippen LogP contribution in [0.25, 0.3) is 11.0 Å². The molecular formula is C13H14O. The van der Waals surface area contributed by atoms with E-state index in [9.17, 15) is 0 Å². The van der Waals surface area contributed by atoms with Crippen molar-refractivity contribution >= 4 is 11.0 Å². The predicted octanol–water partition coefficient (Wildman–Crippen LogP) is 3.94. The smallest absolute Gasteiger partial charge is 0.134 e. The second-order valence-electron chi connectivity index (χ2n) is 3.33. The Morgan fingerprint density at radius 1 is 1.21 bits per heavy atom. The van der Waals surface area contributed by atoms with E-state index >= 15 is 0 Å². The van der Waals surface area contributed by atoms with Crippen LogP contribution >= 0.6 is 0 Å². The molecule has 2 aromatic rings. The van der Waals surface area contributed by atoms with Gasteiger partial charge in [-0.3, -0.25) is 0 Å². The number of allylic oxidation sites excluding steroid dienone is 2. The average Bonchev–Trinajstić information content (AvgIpc) is 2.67. The molecule has 0 bridgehead atoms. The Labute approximate surface area is 84.0 Å². The Hall–Kier alpha value is -1.50. The Morgan fingerprint density at radius 2 is 2.14 bits per heavy atom. The van der Waals surface area contributed by atoms with Crippen molar-refractivity contribution in [1.29, 1.82) is 0 Å². The molecule has 0 saturated heterocycles. The molecule has 0 aliphatic rings. The lowest BCUT2D eigenvalue weighted by Gasteiger charge is -1.97. The molecule has 1 aromatic carbocycles. The summed E-state index contributed by atoms with van der Waals surface area (Å²) < 4.78 is 5.34. The van der Waals surface area contributed by atoms with Crippen LogP contribution in [0.4, 0.5) is 0 Å². The third kappa shape index (κ3) is 1.72. The van der Waals surface area contributed by atoms with Gasteiger partial charge < -0.3 is 4.42 Å². The van der Waals surface area contributed by atoms with Gasteiger partial charge in [0.25, 0.3) is 0 Å². The Morgan fingerprint density at radius 3 is 3.00 bits per heavy atom. The molecule has 14 heavy (non-hydrogen) atoms. The van der Waals surface area contributed by atoms with Crippen molar-refractivity contribution < 1.29 is 4.42 Å². The van der Waals surface area contributed by atoms with Crippen molar-refractivity contribution in [2.75, 3.05) is 0 Å². The highest BCUT2D eigenvalue weighted by Crippen LogP contribution is 2.20. The van der Waals surface area contributed by atoms with Gasteiger partial charge in [0.05, 0.1) is 6.26 Å². The Bertz CT molecular complexity index is 437. The molecule has 1 heteroatoms. The van der Waals surface area contributed by atoms with Gasteiger partial charge in [-0.05, 0) is 30.5 Å². The van der Waals surface area contributed by atoms with Crippen LogP contribution in [0.2, 0.25) is 0 Å². The van der Waals surface area contributed by atoms with E-state index in [0.717, 1.165) is 18.4 Å². The van der Waals surface area contributed by atoms with E-state index < -0.39 is 0 Å². The minimum atomic E-state index is 0.979. The van der Waals surface area contributed by atoms with Gasteiger partial charge >= 0.3 is 0 Å². The average molecular weight is 186 g/mol. The third-order valence-electron chi connectivity index (χ3n) is 2.33. The van der Waals surface area contributed by atoms with Crippen LogP contribution in [0, 0.1) is 0 Å². The molecule has 0 saturated carbocycles. The molecule has 0 radical (unpaired) electrons. The minimum absolute atomic E-state index is 0.979. The molecule has 0 N–H and O–H groups in total. The Kier molecular flexibility index (Phi) is 2.68. The highest BCUT2D eigenvalue weighted by Gasteiger charge is 2.00. The van der Waals surface area contributed by atoms with Crippen LogP contribution in [-0.2, 0) is 6.42 Å². The fourth-order valence-electron chi connectivity index (χ4n) is 1.61. The van der Waals surface area contributed by atoms with Crippen molar-refractivity contribution in [2.24, 2.45) is 0 Å². The van der Waals surface area contributed by atoms with Gasteiger partial charge in [-0.2, -0.15) is 0 Å². The fourth-order valence-corrected chi connectivity index (χ4v) is 1.61. The lowest BCUT2D eigenvalue weighted by atomic mass is 10.1. The molecule has 0 spiro atoms. The normalized spacial score (nSPS) is 11.5. The first-order valence-electron chi connectivity index (χ1n) is 5.02. The van der Waals surface area contributed by atoms with Gasteiger partial charge in [0.2, 0.25) is 0 Å². The topological polar surface area (TPSA) is 13.1 Å². The third-order valence-corrected chi connectivity index (χ3v) is 2.33. The second-order valence-corrected chi connectivity index (χ2v) is 3.33. The summed E-state index contributed by atoms with van der Waals surface area (Å²) in [5, 5.41) is 1.23. The first-order valence-corrected chi connectivity index (χ1v) is 5.02. The summed E-state index contributed by atoms with van der Waals surface area (Å²) in [4.78, 5) is 0. The molecular weight excluding hydrogens is 172 g/mol. The van der Waals surface area contributed by atoms with Crippen LogP contribution in [0.1, 0.15) is 18.9 Å². The largest absolute Gasteiger partial charge is 0.464 e. The van der Waals surface area contributed by atoms with E-state index in [-0.39, 0.29) is 0 Å². The summed E-state index contributed by atoms with van der Waals surface area (Å²) in [5.74, 6) is 0. The van der Waals surface area contributed by atoms with Gasteiger partial charge in [0.15, 0.2) is 0 Å². The summed E-state index contributed by atoms with van der Waals surface area (Å²) in [7, 11) is 0. The SMILES string of the molecule is CCC=CCc1cccc2occc12. The van der Waals surface area contributed by atoms with Crippen LogP contribution in [0.5, 0.6) is 0 Å². The quantitative estimate of drug-likeness (QED) is 0.662. The summed E-state index contributed by atoms with van der Waals surface area (Å²) in [6.45, 7) is 2.15. The van der Waals surface area contributed by atoms with Crippen molar-refractivity contribution in [3.63, 3.8) is 0 Å². The van der Waals surface area contributed by atoms with Gasteiger partial charge in [-0.15, -0.1) is 0 Å². The number of hydrogen-bond donors (Lipinski definition) is 0. The molecule has 0 aliphatic carbocycles. The van der Waals surface area contributed by atoms with Crippen LogP contribution in [0.15, 0.2) is 47.1 Å². The van der Waals surface area contributed by atoms with E-state index in [1.807, 2.05) is 18.2 Å². The van der Waals surface area contributed by atoms with E-state index in [2.05, 4.69) is 25.1 Å². The molecule has 72 valence electrons. The highest BCUT2D eigenvalue weighted by atomic mass is 16.3. The number of fused-ring (bicyclic) bond motifs is 1. The summed E-state index contributed by atoms with van der Waals surface area (Å²) in [5.41, 5.74) is 2.31. The lowest BCUT2D eigenvalue weighted by Crippen LogP contribution is -1.80. The molecule has 1 aromatic heterocycles. The van der Waals surface area contributed by atoms with Crippen molar-refractivity contribution in [3.05, 3.63) is 48.2 Å². The van der Waals surface area contributed by atoms with Crippen LogP contribution in [0.3, 0.4) is 0 Å². The highest BCUT2D eigenvalue weighted by molar-refractivity contribution is 5.80. The number of benzene rings is 1. The van der Waals surface area contributed by atoms with E-state index in [4.69, 9.17) is 4.42 Å². The molecule has 0 unspecified atom stereocenters. The number of rotatable bonds is 3. The van der Waals surface area contributed by atoms with Crippen LogP contribution < -0.4 is 0 Å². The first kappa shape index (κ1) is 9.07. The Balaban J connectivity index is 2.32. The van der Waals surface area contributed by atoms with Gasteiger partial charge in [-0.1, -0.05) is 31.2 Å². The predicted molar refractivity (Wildman–Crippen MR) is 59.3 cm³/mol. The standard InChI is InChI=1S/C13H14O/c1-2-3-4-6-11-7-5-8-13-12(11)9-10-14-13/h3-5,7-10H,2,6H2,1H3. The van der Waals surface area contributed by atoms with E-state index in [1.54, 1.807) is 6.26 Å². The van der Waals surface area contributed by atoms with Gasteiger partial charge in [0, 0.05) is 5.39 Å². The molecule has 0 amide bonds. The van der Waals surface area contributed by atoms with E-state index in [1.165, 1.54) is 10.9 Å². The summed E-state index contributed by atoms with van der Waals surface area (Å²) >= 11 is 0. The second kappa shape index (κ2) is 4.14. The molecule has 1 nitrogen and oxygen atoms in total. The van der Waals surface area contributed by atoms with E-state index in [0.29, 0.717) is 0 Å². The molecule has 0 aliphatic heterocycles. The van der Waals surface area contributed by atoms with Crippen molar-refractivity contribution in [2.45, 2.75) is 19.8 Å². The monoisotopic (exact) mass is 186 g/mol. The first-order chi connectivity index (χ1) is 6.92. The van der Waals surface area contributed by atoms with Crippen LogP contribution in [-0.4, -0.2) is 0 Å². The van der Waals surface area contributed by atoms with Crippen molar-refractivity contribution in [1.82, 2.24) is 0 Å². The molecule has 2 rings (SSSR count). The number of furan rings is 1. The zero-order valence-corrected chi connectivity index (χ0v) is 8.36. The maximum absolute atomic E-state index is 5.34. The minimum Gasteiger partial charge on any atom is -0.464 e. The number of hydrogen-bond acceptors (Lipinski definition) is 1. The zero-order valence-electron chi connectivity index (χ0n) is 8.36. The van der Waals surface area contributed by atoms with Crippen molar-refractivity contribution in [3.8, 4) is 0 Å². The lowest BCUT2D eigenvalue weighted by molar-refractivity contribution is 0.616. The zero-order chi connectivity index (χ0) is 9.80.